The van der Waals surface area contributed by atoms with Gasteiger partial charge in [-0.25, -0.2) is 0 Å². The fourth-order valence-electron chi connectivity index (χ4n) is 1.81. The maximum atomic E-state index is 11.9. The van der Waals surface area contributed by atoms with Crippen molar-refractivity contribution in [3.05, 3.63) is 17.7 Å². The number of nitrogens with two attached hydrogens (primary N) is 1. The van der Waals surface area contributed by atoms with Crippen LogP contribution < -0.4 is 25.3 Å². The molecule has 6 heteroatoms. The second kappa shape index (κ2) is 7.17. The van der Waals surface area contributed by atoms with Crippen LogP contribution in [-0.4, -0.2) is 39.3 Å². The summed E-state index contributed by atoms with van der Waals surface area (Å²) in [5, 5.41) is 2.80. The van der Waals surface area contributed by atoms with Crippen LogP contribution in [0.1, 0.15) is 19.4 Å². The summed E-state index contributed by atoms with van der Waals surface area (Å²) in [7, 11) is 4.62. The van der Waals surface area contributed by atoms with E-state index in [0.717, 1.165) is 5.56 Å². The van der Waals surface area contributed by atoms with Gasteiger partial charge in [-0.05, 0) is 31.5 Å². The van der Waals surface area contributed by atoms with Crippen LogP contribution in [0.25, 0.3) is 0 Å². The van der Waals surface area contributed by atoms with E-state index in [2.05, 4.69) is 5.32 Å². The van der Waals surface area contributed by atoms with Gasteiger partial charge < -0.3 is 25.3 Å². The van der Waals surface area contributed by atoms with Crippen LogP contribution in [0, 0.1) is 0 Å². The van der Waals surface area contributed by atoms with Gasteiger partial charge in [-0.3, -0.25) is 4.79 Å². The van der Waals surface area contributed by atoms with Crippen molar-refractivity contribution in [1.29, 1.82) is 0 Å². The molecular weight excluding hydrogens is 272 g/mol. The molecule has 0 bridgehead atoms. The lowest BCUT2D eigenvalue weighted by atomic mass is 10.1. The Labute approximate surface area is 125 Å². The van der Waals surface area contributed by atoms with E-state index >= 15 is 0 Å². The molecule has 0 heterocycles. The molecule has 0 aliphatic rings. The van der Waals surface area contributed by atoms with Gasteiger partial charge in [0.15, 0.2) is 11.5 Å². The van der Waals surface area contributed by atoms with Crippen molar-refractivity contribution in [3.63, 3.8) is 0 Å². The van der Waals surface area contributed by atoms with Crippen LogP contribution in [0.3, 0.4) is 0 Å². The smallest absolute Gasteiger partial charge is 0.224 e. The molecule has 1 amide bonds. The van der Waals surface area contributed by atoms with Gasteiger partial charge in [0, 0.05) is 12.1 Å². The molecule has 3 N–H and O–H groups in total. The van der Waals surface area contributed by atoms with Crippen LogP contribution >= 0.6 is 0 Å². The van der Waals surface area contributed by atoms with Gasteiger partial charge in [-0.1, -0.05) is 0 Å². The minimum Gasteiger partial charge on any atom is -0.493 e. The van der Waals surface area contributed by atoms with Crippen molar-refractivity contribution in [2.75, 3.05) is 27.9 Å². The number of carbonyl (C=O) groups is 1. The fraction of sp³-hybridized carbons (Fsp3) is 0.533. The third kappa shape index (κ3) is 5.15. The molecule has 0 fully saturated rings. The van der Waals surface area contributed by atoms with E-state index in [1.54, 1.807) is 12.1 Å². The molecule has 1 aromatic carbocycles. The highest BCUT2D eigenvalue weighted by Crippen LogP contribution is 2.38. The van der Waals surface area contributed by atoms with Crippen LogP contribution in [0.15, 0.2) is 12.1 Å². The first-order valence-corrected chi connectivity index (χ1v) is 6.65. The Balaban J connectivity index is 2.86. The Morgan fingerprint density at radius 1 is 1.14 bits per heavy atom. The van der Waals surface area contributed by atoms with E-state index in [1.807, 2.05) is 13.8 Å². The summed E-state index contributed by atoms with van der Waals surface area (Å²) < 4.78 is 15.8. The third-order valence-corrected chi connectivity index (χ3v) is 2.83. The fourth-order valence-corrected chi connectivity index (χ4v) is 1.81. The highest BCUT2D eigenvalue weighted by atomic mass is 16.5. The van der Waals surface area contributed by atoms with Gasteiger partial charge in [-0.15, -0.1) is 0 Å². The minimum atomic E-state index is -0.440. The summed E-state index contributed by atoms with van der Waals surface area (Å²) in [6.45, 7) is 4.12. The zero-order valence-electron chi connectivity index (χ0n) is 13.3. The van der Waals surface area contributed by atoms with Crippen molar-refractivity contribution in [1.82, 2.24) is 5.32 Å². The summed E-state index contributed by atoms with van der Waals surface area (Å²) in [6.07, 6.45) is 0.215. The summed E-state index contributed by atoms with van der Waals surface area (Å²) in [4.78, 5) is 11.9. The quantitative estimate of drug-likeness (QED) is 0.787. The average molecular weight is 296 g/mol. The second-order valence-electron chi connectivity index (χ2n) is 5.48. The molecule has 0 saturated heterocycles. The zero-order valence-corrected chi connectivity index (χ0v) is 13.3. The van der Waals surface area contributed by atoms with Crippen molar-refractivity contribution in [3.8, 4) is 17.2 Å². The number of carbonyl (C=O) groups excluding carboxylic acids is 1. The van der Waals surface area contributed by atoms with Crippen LogP contribution in [0.4, 0.5) is 0 Å². The molecule has 0 radical (unpaired) electrons. The molecule has 0 saturated carbocycles. The number of methoxy groups -OCH3 is 3. The molecule has 0 aliphatic heterocycles. The Morgan fingerprint density at radius 2 is 1.67 bits per heavy atom. The maximum absolute atomic E-state index is 11.9. The van der Waals surface area contributed by atoms with E-state index < -0.39 is 5.54 Å². The van der Waals surface area contributed by atoms with Crippen LogP contribution in [-0.2, 0) is 11.2 Å². The van der Waals surface area contributed by atoms with E-state index in [-0.39, 0.29) is 12.3 Å². The molecule has 1 rings (SSSR count). The van der Waals surface area contributed by atoms with Gasteiger partial charge in [0.2, 0.25) is 11.7 Å². The summed E-state index contributed by atoms with van der Waals surface area (Å²) in [5.74, 6) is 1.45. The standard InChI is InChI=1S/C15H24N2O4/c1-15(2,16)9-17-13(18)8-10-6-11(19-3)14(21-5)12(7-10)20-4/h6-7H,8-9,16H2,1-5H3,(H,17,18). The lowest BCUT2D eigenvalue weighted by Crippen LogP contribution is -2.45. The zero-order chi connectivity index (χ0) is 16.0. The van der Waals surface area contributed by atoms with E-state index in [4.69, 9.17) is 19.9 Å². The predicted octanol–water partition coefficient (Wildman–Crippen LogP) is 1.11. The number of amides is 1. The molecule has 0 aliphatic carbocycles. The van der Waals surface area contributed by atoms with Gasteiger partial charge in [0.1, 0.15) is 0 Å². The molecule has 0 spiro atoms. The van der Waals surface area contributed by atoms with Gasteiger partial charge in [0.05, 0.1) is 27.8 Å². The molecular formula is C15H24N2O4. The minimum absolute atomic E-state index is 0.109. The molecule has 0 atom stereocenters. The number of rotatable bonds is 7. The Kier molecular flexibility index (Phi) is 5.84. The third-order valence-electron chi connectivity index (χ3n) is 2.83. The molecule has 21 heavy (non-hydrogen) atoms. The van der Waals surface area contributed by atoms with Crippen molar-refractivity contribution < 1.29 is 19.0 Å². The molecule has 6 nitrogen and oxygen atoms in total. The highest BCUT2D eigenvalue weighted by molar-refractivity contribution is 5.79. The Bertz CT molecular complexity index is 470. The number of hydrogen-bond donors (Lipinski definition) is 2. The number of hydrogen-bond acceptors (Lipinski definition) is 5. The normalized spacial score (nSPS) is 11.0. The predicted molar refractivity (Wildman–Crippen MR) is 81.1 cm³/mol. The number of benzene rings is 1. The summed E-state index contributed by atoms with van der Waals surface area (Å²) in [5.41, 5.74) is 6.17. The topological polar surface area (TPSA) is 82.8 Å². The second-order valence-corrected chi connectivity index (χ2v) is 5.48. The Morgan fingerprint density at radius 3 is 2.05 bits per heavy atom. The number of nitrogens with one attached hydrogen (secondary N) is 1. The average Bonchev–Trinajstić information content (AvgIpc) is 2.43. The first kappa shape index (κ1) is 17.1. The monoisotopic (exact) mass is 296 g/mol. The number of ether oxygens (including phenoxy) is 3. The SMILES string of the molecule is COc1cc(CC(=O)NCC(C)(C)N)cc(OC)c1OC. The summed E-state index contributed by atoms with van der Waals surface area (Å²) >= 11 is 0. The van der Waals surface area contributed by atoms with Crippen molar-refractivity contribution in [2.45, 2.75) is 25.8 Å². The largest absolute Gasteiger partial charge is 0.493 e. The lowest BCUT2D eigenvalue weighted by molar-refractivity contribution is -0.120. The molecule has 0 unspecified atom stereocenters. The lowest BCUT2D eigenvalue weighted by Gasteiger charge is -2.19. The van der Waals surface area contributed by atoms with Crippen molar-refractivity contribution in [2.24, 2.45) is 5.73 Å². The summed E-state index contributed by atoms with van der Waals surface area (Å²) in [6, 6.07) is 3.52. The van der Waals surface area contributed by atoms with Crippen molar-refractivity contribution >= 4 is 5.91 Å². The van der Waals surface area contributed by atoms with Gasteiger partial charge in [-0.2, -0.15) is 0 Å². The first-order chi connectivity index (χ1) is 9.80. The molecule has 0 aromatic heterocycles. The molecule has 1 aromatic rings. The highest BCUT2D eigenvalue weighted by Gasteiger charge is 2.16. The maximum Gasteiger partial charge on any atom is 0.224 e. The first-order valence-electron chi connectivity index (χ1n) is 6.65. The molecule has 118 valence electrons. The van der Waals surface area contributed by atoms with E-state index in [9.17, 15) is 4.79 Å². The van der Waals surface area contributed by atoms with Gasteiger partial charge in [0.25, 0.3) is 0 Å². The van der Waals surface area contributed by atoms with Crippen LogP contribution in [0.5, 0.6) is 17.2 Å². The Hall–Kier alpha value is -1.95. The van der Waals surface area contributed by atoms with Gasteiger partial charge >= 0.3 is 0 Å². The van der Waals surface area contributed by atoms with E-state index in [0.29, 0.717) is 23.8 Å². The van der Waals surface area contributed by atoms with Crippen LogP contribution in [0.2, 0.25) is 0 Å². The van der Waals surface area contributed by atoms with E-state index in [1.165, 1.54) is 21.3 Å².